The first-order valence-corrected chi connectivity index (χ1v) is 9.69. The normalized spacial score (nSPS) is 17.2. The van der Waals surface area contributed by atoms with Gasteiger partial charge in [0, 0.05) is 31.2 Å². The smallest absolute Gasteiger partial charge is 0.223 e. The van der Waals surface area contributed by atoms with Crippen LogP contribution in [0.2, 0.25) is 0 Å². The molecule has 4 nitrogen and oxygen atoms in total. The van der Waals surface area contributed by atoms with E-state index in [1.165, 1.54) is 16.8 Å². The fraction of sp³-hybridized carbons (Fsp3) is 0.409. The Morgan fingerprint density at radius 2 is 1.77 bits per heavy atom. The highest BCUT2D eigenvalue weighted by atomic mass is 16.1. The summed E-state index contributed by atoms with van der Waals surface area (Å²) in [6.45, 7) is 4.56. The molecule has 26 heavy (non-hydrogen) atoms. The highest BCUT2D eigenvalue weighted by molar-refractivity contribution is 5.78. The van der Waals surface area contributed by atoms with Crippen molar-refractivity contribution in [3.63, 3.8) is 0 Å². The van der Waals surface area contributed by atoms with E-state index in [9.17, 15) is 4.79 Å². The van der Waals surface area contributed by atoms with E-state index in [0.29, 0.717) is 6.54 Å². The zero-order chi connectivity index (χ0) is 17.8. The Kier molecular flexibility index (Phi) is 5.21. The molecular weight excluding hydrogens is 322 g/mol. The minimum Gasteiger partial charge on any atom is -0.367 e. The summed E-state index contributed by atoms with van der Waals surface area (Å²) in [5.74, 6) is 0.370. The lowest BCUT2D eigenvalue weighted by Crippen LogP contribution is -2.37. The second kappa shape index (κ2) is 7.92. The van der Waals surface area contributed by atoms with Gasteiger partial charge in [-0.25, -0.2) is 0 Å². The van der Waals surface area contributed by atoms with Crippen LogP contribution in [-0.4, -0.2) is 25.5 Å². The minimum absolute atomic E-state index is 0.172. The quantitative estimate of drug-likeness (QED) is 0.872. The lowest BCUT2D eigenvalue weighted by molar-refractivity contribution is -0.125. The molecule has 1 fully saturated rings. The average Bonchev–Trinajstić information content (AvgIpc) is 3.11. The second-order valence-corrected chi connectivity index (χ2v) is 7.36. The van der Waals surface area contributed by atoms with Crippen molar-refractivity contribution in [1.29, 1.82) is 0 Å². The molecular formula is C22H27N3O. The van der Waals surface area contributed by atoms with E-state index in [1.54, 1.807) is 0 Å². The summed E-state index contributed by atoms with van der Waals surface area (Å²) >= 11 is 0. The summed E-state index contributed by atoms with van der Waals surface area (Å²) in [5.41, 5.74) is 5.29. The Morgan fingerprint density at radius 1 is 1.04 bits per heavy atom. The van der Waals surface area contributed by atoms with Crippen molar-refractivity contribution in [2.24, 2.45) is 5.92 Å². The van der Waals surface area contributed by atoms with Crippen molar-refractivity contribution >= 4 is 11.6 Å². The number of carbonyl (C=O) groups is 1. The van der Waals surface area contributed by atoms with Crippen LogP contribution in [0.4, 0.5) is 5.69 Å². The fourth-order valence-electron chi connectivity index (χ4n) is 3.97. The number of para-hydroxylation sites is 1. The van der Waals surface area contributed by atoms with Crippen LogP contribution in [0.1, 0.15) is 29.5 Å². The molecule has 1 amide bonds. The molecule has 2 aromatic rings. The standard InChI is InChI=1S/C22H27N3O/c26-22(20-9-12-23-13-10-20)24-15-17-5-7-18(8-6-17)16-25-14-11-19-3-1-2-4-21(19)25/h1-8,20,23H,9-16H2,(H,24,26). The third-order valence-corrected chi connectivity index (χ3v) is 5.56. The van der Waals surface area contributed by atoms with Gasteiger partial charge in [-0.1, -0.05) is 42.5 Å². The van der Waals surface area contributed by atoms with Gasteiger partial charge < -0.3 is 15.5 Å². The van der Waals surface area contributed by atoms with Crippen LogP contribution >= 0.6 is 0 Å². The van der Waals surface area contributed by atoms with Gasteiger partial charge in [-0.15, -0.1) is 0 Å². The minimum atomic E-state index is 0.172. The van der Waals surface area contributed by atoms with Crippen LogP contribution in [0.3, 0.4) is 0 Å². The van der Waals surface area contributed by atoms with E-state index >= 15 is 0 Å². The Bertz CT molecular complexity index is 750. The van der Waals surface area contributed by atoms with Crippen LogP contribution in [0.5, 0.6) is 0 Å². The summed E-state index contributed by atoms with van der Waals surface area (Å²) < 4.78 is 0. The Hall–Kier alpha value is -2.33. The summed E-state index contributed by atoms with van der Waals surface area (Å²) in [7, 11) is 0. The highest BCUT2D eigenvalue weighted by Gasteiger charge is 2.20. The predicted molar refractivity (Wildman–Crippen MR) is 105 cm³/mol. The summed E-state index contributed by atoms with van der Waals surface area (Å²) in [6.07, 6.45) is 3.03. The van der Waals surface area contributed by atoms with Crippen molar-refractivity contribution in [3.8, 4) is 0 Å². The number of fused-ring (bicyclic) bond motifs is 1. The lowest BCUT2D eigenvalue weighted by atomic mass is 9.97. The Balaban J connectivity index is 1.30. The van der Waals surface area contributed by atoms with E-state index in [0.717, 1.165) is 51.0 Å². The number of nitrogens with one attached hydrogen (secondary N) is 2. The monoisotopic (exact) mass is 349 g/mol. The number of nitrogens with zero attached hydrogens (tertiary/aromatic N) is 1. The van der Waals surface area contributed by atoms with Gasteiger partial charge in [0.05, 0.1) is 0 Å². The van der Waals surface area contributed by atoms with Gasteiger partial charge in [0.2, 0.25) is 5.91 Å². The maximum atomic E-state index is 12.2. The molecule has 0 unspecified atom stereocenters. The van der Waals surface area contributed by atoms with Crippen molar-refractivity contribution in [2.75, 3.05) is 24.5 Å². The van der Waals surface area contributed by atoms with Crippen LogP contribution in [0, 0.1) is 5.92 Å². The summed E-state index contributed by atoms with van der Waals surface area (Å²) in [4.78, 5) is 14.7. The van der Waals surface area contributed by atoms with Crippen molar-refractivity contribution in [3.05, 3.63) is 65.2 Å². The van der Waals surface area contributed by atoms with Crippen LogP contribution < -0.4 is 15.5 Å². The average molecular weight is 349 g/mol. The number of carbonyl (C=O) groups excluding carboxylic acids is 1. The molecule has 2 N–H and O–H groups in total. The largest absolute Gasteiger partial charge is 0.367 e. The number of amides is 1. The van der Waals surface area contributed by atoms with Crippen LogP contribution in [0.15, 0.2) is 48.5 Å². The molecule has 2 heterocycles. The number of hydrogen-bond donors (Lipinski definition) is 2. The van der Waals surface area contributed by atoms with E-state index in [4.69, 9.17) is 0 Å². The maximum absolute atomic E-state index is 12.2. The molecule has 2 aromatic carbocycles. The Labute approximate surface area is 155 Å². The molecule has 0 radical (unpaired) electrons. The number of hydrogen-bond acceptors (Lipinski definition) is 3. The SMILES string of the molecule is O=C(NCc1ccc(CN2CCc3ccccc32)cc1)C1CCNCC1. The third-order valence-electron chi connectivity index (χ3n) is 5.56. The van der Waals surface area contributed by atoms with Crippen LogP contribution in [0.25, 0.3) is 0 Å². The van der Waals surface area contributed by atoms with Gasteiger partial charge in [0.25, 0.3) is 0 Å². The Morgan fingerprint density at radius 3 is 2.58 bits per heavy atom. The molecule has 4 heteroatoms. The number of anilines is 1. The first kappa shape index (κ1) is 17.1. The molecule has 0 bridgehead atoms. The molecule has 136 valence electrons. The number of piperidine rings is 1. The summed E-state index contributed by atoms with van der Waals surface area (Å²) in [5, 5.41) is 6.40. The zero-order valence-corrected chi connectivity index (χ0v) is 15.2. The second-order valence-electron chi connectivity index (χ2n) is 7.36. The van der Waals surface area contributed by atoms with Crippen molar-refractivity contribution in [1.82, 2.24) is 10.6 Å². The highest BCUT2D eigenvalue weighted by Crippen LogP contribution is 2.28. The van der Waals surface area contributed by atoms with Crippen molar-refractivity contribution in [2.45, 2.75) is 32.4 Å². The van der Waals surface area contributed by atoms with Crippen LogP contribution in [-0.2, 0) is 24.3 Å². The molecule has 2 aliphatic rings. The fourth-order valence-corrected chi connectivity index (χ4v) is 3.97. The molecule has 0 aliphatic carbocycles. The molecule has 2 aliphatic heterocycles. The number of rotatable bonds is 5. The first-order chi connectivity index (χ1) is 12.8. The van der Waals surface area contributed by atoms with Gasteiger partial charge in [-0.2, -0.15) is 0 Å². The predicted octanol–water partition coefficient (Wildman–Crippen LogP) is 2.87. The van der Waals surface area contributed by atoms with Gasteiger partial charge in [-0.3, -0.25) is 4.79 Å². The van der Waals surface area contributed by atoms with E-state index < -0.39 is 0 Å². The maximum Gasteiger partial charge on any atom is 0.223 e. The lowest BCUT2D eigenvalue weighted by Gasteiger charge is -2.22. The number of benzene rings is 2. The molecule has 0 atom stereocenters. The van der Waals surface area contributed by atoms with E-state index in [-0.39, 0.29) is 11.8 Å². The topological polar surface area (TPSA) is 44.4 Å². The van der Waals surface area contributed by atoms with E-state index in [2.05, 4.69) is 64.1 Å². The third kappa shape index (κ3) is 3.91. The van der Waals surface area contributed by atoms with E-state index in [1.807, 2.05) is 0 Å². The molecule has 4 rings (SSSR count). The van der Waals surface area contributed by atoms with Gasteiger partial charge in [0.15, 0.2) is 0 Å². The van der Waals surface area contributed by atoms with Crippen molar-refractivity contribution < 1.29 is 4.79 Å². The molecule has 1 saturated heterocycles. The van der Waals surface area contributed by atoms with Gasteiger partial charge in [0.1, 0.15) is 0 Å². The zero-order valence-electron chi connectivity index (χ0n) is 15.2. The van der Waals surface area contributed by atoms with Gasteiger partial charge in [-0.05, 0) is 55.1 Å². The van der Waals surface area contributed by atoms with Gasteiger partial charge >= 0.3 is 0 Å². The molecule has 0 saturated carbocycles. The summed E-state index contributed by atoms with van der Waals surface area (Å²) in [6, 6.07) is 17.3. The molecule has 0 aromatic heterocycles. The molecule has 0 spiro atoms. The first-order valence-electron chi connectivity index (χ1n) is 9.69.